The summed E-state index contributed by atoms with van der Waals surface area (Å²) in [4.78, 5) is 21.6. The number of hydrogen-bond donors (Lipinski definition) is 0. The summed E-state index contributed by atoms with van der Waals surface area (Å²) in [6.45, 7) is -0.588. The average molecular weight is 358 g/mol. The third-order valence-electron chi connectivity index (χ3n) is 3.85. The fourth-order valence-electron chi connectivity index (χ4n) is 2.51. The lowest BCUT2D eigenvalue weighted by molar-refractivity contribution is -0.494. The lowest BCUT2D eigenvalue weighted by atomic mass is 9.94. The van der Waals surface area contributed by atoms with Crippen LogP contribution in [0.1, 0.15) is 17.0 Å². The highest BCUT2D eigenvalue weighted by molar-refractivity contribution is 5.54. The summed E-state index contributed by atoms with van der Waals surface area (Å²) in [6, 6.07) is 13.1. The van der Waals surface area contributed by atoms with Crippen LogP contribution < -0.4 is 9.47 Å². The number of nitrogens with zero attached hydrogens (tertiary/aromatic N) is 2. The molecule has 136 valence electrons. The van der Waals surface area contributed by atoms with Gasteiger partial charge in [-0.25, -0.2) is 0 Å². The normalized spacial score (nSPS) is 12.3. The Morgan fingerprint density at radius 3 is 1.88 bits per heavy atom. The van der Waals surface area contributed by atoms with E-state index in [9.17, 15) is 20.2 Å². The van der Waals surface area contributed by atoms with Crippen LogP contribution in [0.2, 0.25) is 0 Å². The molecule has 8 nitrogen and oxygen atoms in total. The zero-order valence-electron chi connectivity index (χ0n) is 14.3. The summed E-state index contributed by atoms with van der Waals surface area (Å²) >= 11 is 0. The van der Waals surface area contributed by atoms with Crippen molar-refractivity contribution in [1.29, 1.82) is 0 Å². The molecule has 1 unspecified atom stereocenters. The molecule has 0 aromatic heterocycles. The zero-order chi connectivity index (χ0) is 19.1. The largest absolute Gasteiger partial charge is 0.497 e. The van der Waals surface area contributed by atoms with Crippen molar-refractivity contribution >= 4 is 6.08 Å². The number of ether oxygens (including phenoxy) is 2. The van der Waals surface area contributed by atoms with Crippen molar-refractivity contribution in [2.75, 3.05) is 20.8 Å². The first-order valence-corrected chi connectivity index (χ1v) is 7.70. The van der Waals surface area contributed by atoms with Gasteiger partial charge in [-0.15, -0.1) is 0 Å². The van der Waals surface area contributed by atoms with Gasteiger partial charge in [0, 0.05) is 11.0 Å². The first-order chi connectivity index (χ1) is 12.4. The highest BCUT2D eigenvalue weighted by atomic mass is 16.6. The molecule has 0 radical (unpaired) electrons. The van der Waals surface area contributed by atoms with E-state index < -0.39 is 22.3 Å². The SMILES string of the molecule is COc1ccc(/C=C(\C(C[N+](=O)[O-])c2ccc(OC)cc2)[N+](=O)[O-])cc1. The maximum atomic E-state index is 11.6. The fourth-order valence-corrected chi connectivity index (χ4v) is 2.51. The molecule has 0 aliphatic rings. The summed E-state index contributed by atoms with van der Waals surface area (Å²) in [5, 5.41) is 22.7. The molecule has 0 spiro atoms. The van der Waals surface area contributed by atoms with E-state index >= 15 is 0 Å². The predicted molar refractivity (Wildman–Crippen MR) is 95.6 cm³/mol. The molecule has 0 saturated carbocycles. The molecule has 0 fully saturated rings. The molecular weight excluding hydrogens is 340 g/mol. The third-order valence-corrected chi connectivity index (χ3v) is 3.85. The monoisotopic (exact) mass is 358 g/mol. The van der Waals surface area contributed by atoms with Crippen molar-refractivity contribution in [2.24, 2.45) is 0 Å². The Labute approximate surface area is 150 Å². The minimum atomic E-state index is -0.993. The van der Waals surface area contributed by atoms with E-state index in [-0.39, 0.29) is 5.70 Å². The summed E-state index contributed by atoms with van der Waals surface area (Å²) in [5.41, 5.74) is 0.773. The molecule has 8 heteroatoms. The molecule has 0 bridgehead atoms. The van der Waals surface area contributed by atoms with E-state index in [0.717, 1.165) is 0 Å². The molecule has 0 amide bonds. The smallest absolute Gasteiger partial charge is 0.260 e. The number of nitro groups is 2. The van der Waals surface area contributed by atoms with Crippen LogP contribution in [0.3, 0.4) is 0 Å². The van der Waals surface area contributed by atoms with Crippen LogP contribution in [-0.4, -0.2) is 30.6 Å². The summed E-state index contributed by atoms with van der Waals surface area (Å²) < 4.78 is 10.1. The quantitative estimate of drug-likeness (QED) is 0.529. The van der Waals surface area contributed by atoms with Crippen LogP contribution in [0.5, 0.6) is 11.5 Å². The Balaban J connectivity index is 2.46. The maximum absolute atomic E-state index is 11.6. The van der Waals surface area contributed by atoms with E-state index in [1.54, 1.807) is 48.5 Å². The van der Waals surface area contributed by atoms with Crippen molar-refractivity contribution in [2.45, 2.75) is 5.92 Å². The van der Waals surface area contributed by atoms with Gasteiger partial charge in [0.05, 0.1) is 19.1 Å². The molecular formula is C18H18N2O6. The number of hydrogen-bond acceptors (Lipinski definition) is 6. The first kappa shape index (κ1) is 18.9. The van der Waals surface area contributed by atoms with Gasteiger partial charge in [0.2, 0.25) is 6.54 Å². The fraction of sp³-hybridized carbons (Fsp3) is 0.222. The third kappa shape index (κ3) is 4.79. The van der Waals surface area contributed by atoms with Gasteiger partial charge in [0.15, 0.2) is 0 Å². The van der Waals surface area contributed by atoms with E-state index in [2.05, 4.69) is 0 Å². The van der Waals surface area contributed by atoms with Crippen LogP contribution in [-0.2, 0) is 0 Å². The van der Waals surface area contributed by atoms with Crippen molar-refractivity contribution < 1.29 is 19.3 Å². The summed E-state index contributed by atoms with van der Waals surface area (Å²) in [7, 11) is 3.01. The minimum Gasteiger partial charge on any atom is -0.497 e. The van der Waals surface area contributed by atoms with Gasteiger partial charge >= 0.3 is 0 Å². The topological polar surface area (TPSA) is 105 Å². The second-order valence-electron chi connectivity index (χ2n) is 5.44. The molecule has 2 aromatic rings. The van der Waals surface area contributed by atoms with Crippen LogP contribution >= 0.6 is 0 Å². The molecule has 2 aromatic carbocycles. The van der Waals surface area contributed by atoms with Gasteiger partial charge < -0.3 is 9.47 Å². The van der Waals surface area contributed by atoms with Crippen molar-refractivity contribution in [3.63, 3.8) is 0 Å². The average Bonchev–Trinajstić information content (AvgIpc) is 2.64. The Morgan fingerprint density at radius 1 is 0.962 bits per heavy atom. The summed E-state index contributed by atoms with van der Waals surface area (Å²) in [6.07, 6.45) is 1.35. The summed E-state index contributed by atoms with van der Waals surface area (Å²) in [5.74, 6) is 0.185. The van der Waals surface area contributed by atoms with E-state index in [4.69, 9.17) is 9.47 Å². The van der Waals surface area contributed by atoms with Gasteiger partial charge in [-0.3, -0.25) is 20.2 Å². The van der Waals surface area contributed by atoms with Gasteiger partial charge in [0.25, 0.3) is 5.70 Å². The van der Waals surface area contributed by atoms with Crippen LogP contribution in [0.15, 0.2) is 54.2 Å². The number of methoxy groups -OCH3 is 2. The zero-order valence-corrected chi connectivity index (χ0v) is 14.3. The highest BCUT2D eigenvalue weighted by Crippen LogP contribution is 2.29. The van der Waals surface area contributed by atoms with E-state index in [0.29, 0.717) is 22.6 Å². The Morgan fingerprint density at radius 2 is 1.46 bits per heavy atom. The molecule has 26 heavy (non-hydrogen) atoms. The van der Waals surface area contributed by atoms with Crippen molar-refractivity contribution in [1.82, 2.24) is 0 Å². The molecule has 2 rings (SSSR count). The molecule has 0 heterocycles. The lowest BCUT2D eigenvalue weighted by Gasteiger charge is -2.12. The van der Waals surface area contributed by atoms with Gasteiger partial charge in [-0.1, -0.05) is 24.3 Å². The van der Waals surface area contributed by atoms with Crippen LogP contribution in [0, 0.1) is 20.2 Å². The standard InChI is InChI=1S/C18H18N2O6/c1-25-15-7-3-13(4-8-15)11-18(20(23)24)17(12-19(21)22)14-5-9-16(26-2)10-6-14/h3-11,17H,12H2,1-2H3/b18-11+. The maximum Gasteiger partial charge on any atom is 0.260 e. The van der Waals surface area contributed by atoms with Gasteiger partial charge in [0.1, 0.15) is 17.4 Å². The highest BCUT2D eigenvalue weighted by Gasteiger charge is 2.31. The number of rotatable bonds is 8. The molecule has 1 atom stereocenters. The van der Waals surface area contributed by atoms with Crippen LogP contribution in [0.25, 0.3) is 6.08 Å². The second-order valence-corrected chi connectivity index (χ2v) is 5.44. The molecule has 0 saturated heterocycles. The predicted octanol–water partition coefficient (Wildman–Crippen LogP) is 3.38. The van der Waals surface area contributed by atoms with E-state index in [1.165, 1.54) is 20.3 Å². The lowest BCUT2D eigenvalue weighted by Crippen LogP contribution is -2.19. The minimum absolute atomic E-state index is 0.253. The van der Waals surface area contributed by atoms with Gasteiger partial charge in [-0.05, 0) is 35.4 Å². The van der Waals surface area contributed by atoms with Crippen molar-refractivity contribution in [3.8, 4) is 11.5 Å². The Kier molecular flexibility index (Phi) is 6.26. The Bertz CT molecular complexity index is 799. The van der Waals surface area contributed by atoms with Crippen molar-refractivity contribution in [3.05, 3.63) is 85.6 Å². The first-order valence-electron chi connectivity index (χ1n) is 7.70. The molecule has 0 N–H and O–H groups in total. The number of benzene rings is 2. The van der Waals surface area contributed by atoms with Gasteiger partial charge in [-0.2, -0.15) is 0 Å². The molecule has 0 aliphatic heterocycles. The van der Waals surface area contributed by atoms with E-state index in [1.807, 2.05) is 0 Å². The molecule has 0 aliphatic carbocycles. The second kappa shape index (κ2) is 8.61. The Hall–Kier alpha value is -3.42. The van der Waals surface area contributed by atoms with Crippen LogP contribution in [0.4, 0.5) is 0 Å².